The van der Waals surface area contributed by atoms with Crippen molar-refractivity contribution < 1.29 is 0 Å². The first-order valence-corrected chi connectivity index (χ1v) is 5.88. The molecule has 1 unspecified atom stereocenters. The van der Waals surface area contributed by atoms with Crippen LogP contribution >= 0.6 is 0 Å². The molecule has 1 N–H and O–H groups in total. The van der Waals surface area contributed by atoms with Gasteiger partial charge in [0.2, 0.25) is 0 Å². The van der Waals surface area contributed by atoms with E-state index in [4.69, 9.17) is 0 Å². The van der Waals surface area contributed by atoms with Gasteiger partial charge < -0.3 is 9.88 Å². The number of hydrogen-bond donors (Lipinski definition) is 1. The number of fused-ring (bicyclic) bond motifs is 1. The Bertz CT molecular complexity index is 536. The van der Waals surface area contributed by atoms with Crippen LogP contribution in [0.5, 0.6) is 0 Å². The smallest absolute Gasteiger partial charge is 0.111 e. The molecule has 5 nitrogen and oxygen atoms in total. The number of aromatic amines is 1. The summed E-state index contributed by atoms with van der Waals surface area (Å²) in [4.78, 5) is 20.4. The largest absolute Gasteiger partial charge is 0.366 e. The Balaban J connectivity index is 1.95. The van der Waals surface area contributed by atoms with Gasteiger partial charge in [-0.05, 0) is 25.0 Å². The number of rotatable bonds is 2. The first kappa shape index (κ1) is 10.3. The fraction of sp³-hybridized carbons (Fsp3) is 0.417. The van der Waals surface area contributed by atoms with Crippen molar-refractivity contribution in [3.05, 3.63) is 29.4 Å². The summed E-state index contributed by atoms with van der Waals surface area (Å²) in [5, 5.41) is 3.17. The van der Waals surface area contributed by atoms with Crippen LogP contribution in [0.15, 0.2) is 29.7 Å². The van der Waals surface area contributed by atoms with Crippen LogP contribution < -0.4 is 4.90 Å². The second kappa shape index (κ2) is 4.16. The zero-order chi connectivity index (χ0) is 11.7. The zero-order valence-electron chi connectivity index (χ0n) is 9.47. The summed E-state index contributed by atoms with van der Waals surface area (Å²) in [6.45, 7) is 1.67. The second-order valence-corrected chi connectivity index (χ2v) is 4.42. The molecule has 2 aromatic heterocycles. The molecule has 88 valence electrons. The van der Waals surface area contributed by atoms with Gasteiger partial charge in [-0.1, -0.05) is 5.18 Å². The van der Waals surface area contributed by atoms with Gasteiger partial charge in [0.05, 0.1) is 11.2 Å². The van der Waals surface area contributed by atoms with Crippen molar-refractivity contribution in [1.29, 1.82) is 0 Å². The molecule has 3 heterocycles. The second-order valence-electron chi connectivity index (χ2n) is 4.42. The normalized spacial score (nSPS) is 20.7. The molecule has 0 bridgehead atoms. The number of nitrogens with zero attached hydrogens (tertiary/aromatic N) is 3. The number of aromatic nitrogens is 2. The van der Waals surface area contributed by atoms with Crippen molar-refractivity contribution in [2.75, 3.05) is 18.0 Å². The van der Waals surface area contributed by atoms with Gasteiger partial charge in [-0.3, -0.25) is 4.98 Å². The highest BCUT2D eigenvalue weighted by molar-refractivity contribution is 5.89. The van der Waals surface area contributed by atoms with E-state index < -0.39 is 0 Å². The van der Waals surface area contributed by atoms with E-state index in [1.807, 2.05) is 18.3 Å². The summed E-state index contributed by atoms with van der Waals surface area (Å²) in [7, 11) is 0. The molecule has 0 saturated carbocycles. The maximum absolute atomic E-state index is 10.6. The van der Waals surface area contributed by atoms with Crippen molar-refractivity contribution in [1.82, 2.24) is 9.97 Å². The zero-order valence-corrected chi connectivity index (χ0v) is 9.47. The van der Waals surface area contributed by atoms with Gasteiger partial charge in [0, 0.05) is 25.5 Å². The van der Waals surface area contributed by atoms with Gasteiger partial charge in [0.15, 0.2) is 0 Å². The van der Waals surface area contributed by atoms with Crippen LogP contribution in [0.25, 0.3) is 11.0 Å². The Labute approximate surface area is 98.8 Å². The molecule has 1 fully saturated rings. The van der Waals surface area contributed by atoms with E-state index in [0.717, 1.165) is 36.1 Å². The van der Waals surface area contributed by atoms with E-state index in [1.54, 1.807) is 6.20 Å². The van der Waals surface area contributed by atoms with Crippen molar-refractivity contribution >= 4 is 16.7 Å². The van der Waals surface area contributed by atoms with Crippen LogP contribution in [0.2, 0.25) is 0 Å². The van der Waals surface area contributed by atoms with Crippen LogP contribution in [0.3, 0.4) is 0 Å². The lowest BCUT2D eigenvalue weighted by Crippen LogP contribution is -2.37. The Morgan fingerprint density at radius 3 is 3.35 bits per heavy atom. The summed E-state index contributed by atoms with van der Waals surface area (Å²) >= 11 is 0. The number of hydrogen-bond acceptors (Lipinski definition) is 4. The summed E-state index contributed by atoms with van der Waals surface area (Å²) in [6, 6.07) is 3.83. The molecule has 0 aliphatic carbocycles. The van der Waals surface area contributed by atoms with Crippen molar-refractivity contribution in [3.63, 3.8) is 0 Å². The highest BCUT2D eigenvalue weighted by Crippen LogP contribution is 2.27. The maximum atomic E-state index is 10.6. The molecule has 0 spiro atoms. The summed E-state index contributed by atoms with van der Waals surface area (Å²) in [5.74, 6) is 0. The molecule has 2 aromatic rings. The number of H-pyrrole nitrogens is 1. The lowest BCUT2D eigenvalue weighted by atomic mass is 10.1. The number of piperidine rings is 1. The summed E-state index contributed by atoms with van der Waals surface area (Å²) in [5.41, 5.74) is 3.08. The van der Waals surface area contributed by atoms with E-state index in [1.165, 1.54) is 0 Å². The molecular weight excluding hydrogens is 216 g/mol. The van der Waals surface area contributed by atoms with Crippen LogP contribution in [0.4, 0.5) is 5.69 Å². The number of nitrogens with one attached hydrogen (secondary N) is 1. The molecule has 0 aromatic carbocycles. The monoisotopic (exact) mass is 230 g/mol. The molecule has 1 atom stereocenters. The van der Waals surface area contributed by atoms with Gasteiger partial charge in [0.25, 0.3) is 0 Å². The third kappa shape index (κ3) is 1.77. The quantitative estimate of drug-likeness (QED) is 0.805. The number of anilines is 1. The molecule has 3 rings (SSSR count). The molecule has 1 saturated heterocycles. The fourth-order valence-electron chi connectivity index (χ4n) is 2.44. The Hall–Kier alpha value is -1.91. The lowest BCUT2D eigenvalue weighted by Gasteiger charge is -2.30. The average Bonchev–Trinajstić information content (AvgIpc) is 2.82. The molecule has 5 heteroatoms. The third-order valence-corrected chi connectivity index (χ3v) is 3.30. The minimum Gasteiger partial charge on any atom is -0.366 e. The highest BCUT2D eigenvalue weighted by atomic mass is 16.3. The Morgan fingerprint density at radius 1 is 1.53 bits per heavy atom. The van der Waals surface area contributed by atoms with Gasteiger partial charge in [-0.25, -0.2) is 0 Å². The van der Waals surface area contributed by atoms with Crippen LogP contribution in [0, 0.1) is 4.91 Å². The minimum atomic E-state index is -0.0857. The van der Waals surface area contributed by atoms with Crippen LogP contribution in [0.1, 0.15) is 12.8 Å². The van der Waals surface area contributed by atoms with Crippen molar-refractivity contribution in [2.24, 2.45) is 5.18 Å². The molecule has 1 aliphatic heterocycles. The first-order valence-electron chi connectivity index (χ1n) is 5.88. The van der Waals surface area contributed by atoms with E-state index in [-0.39, 0.29) is 6.04 Å². The Kier molecular flexibility index (Phi) is 2.51. The SMILES string of the molecule is O=NC1CCCN(c2c[nH]c3cccnc23)C1. The molecule has 17 heavy (non-hydrogen) atoms. The van der Waals surface area contributed by atoms with E-state index >= 15 is 0 Å². The Morgan fingerprint density at radius 2 is 2.47 bits per heavy atom. The molecular formula is C12H14N4O. The van der Waals surface area contributed by atoms with Gasteiger partial charge in [0.1, 0.15) is 11.6 Å². The molecule has 1 aliphatic rings. The van der Waals surface area contributed by atoms with Gasteiger partial charge >= 0.3 is 0 Å². The lowest BCUT2D eigenvalue weighted by molar-refractivity contribution is 0.506. The predicted octanol–water partition coefficient (Wildman–Crippen LogP) is 2.30. The van der Waals surface area contributed by atoms with Gasteiger partial charge in [-0.2, -0.15) is 4.91 Å². The minimum absolute atomic E-state index is 0.0857. The van der Waals surface area contributed by atoms with Gasteiger partial charge in [-0.15, -0.1) is 0 Å². The predicted molar refractivity (Wildman–Crippen MR) is 67.1 cm³/mol. The maximum Gasteiger partial charge on any atom is 0.111 e. The first-order chi connectivity index (χ1) is 8.38. The number of nitroso groups, excluding NO2 is 1. The molecule has 0 radical (unpaired) electrons. The molecule has 0 amide bonds. The third-order valence-electron chi connectivity index (χ3n) is 3.30. The highest BCUT2D eigenvalue weighted by Gasteiger charge is 2.22. The standard InChI is InChI=1S/C12H14N4O/c17-15-9-3-2-6-16(8-9)11-7-14-10-4-1-5-13-12(10)11/h1,4-5,7,9,14H,2-3,6,8H2. The van der Waals surface area contributed by atoms with E-state index in [0.29, 0.717) is 6.54 Å². The summed E-state index contributed by atoms with van der Waals surface area (Å²) < 4.78 is 0. The van der Waals surface area contributed by atoms with Crippen LogP contribution in [-0.2, 0) is 0 Å². The fourth-order valence-corrected chi connectivity index (χ4v) is 2.44. The van der Waals surface area contributed by atoms with Crippen LogP contribution in [-0.4, -0.2) is 29.1 Å². The topological polar surface area (TPSA) is 61.4 Å². The van der Waals surface area contributed by atoms with E-state index in [2.05, 4.69) is 20.0 Å². The number of pyridine rings is 1. The van der Waals surface area contributed by atoms with Crippen molar-refractivity contribution in [3.8, 4) is 0 Å². The van der Waals surface area contributed by atoms with Crippen molar-refractivity contribution in [2.45, 2.75) is 18.9 Å². The van der Waals surface area contributed by atoms with E-state index in [9.17, 15) is 4.91 Å². The summed E-state index contributed by atoms with van der Waals surface area (Å²) in [6.07, 6.45) is 5.66. The average molecular weight is 230 g/mol.